The summed E-state index contributed by atoms with van der Waals surface area (Å²) in [6, 6.07) is 17.2. The van der Waals surface area contributed by atoms with Crippen molar-refractivity contribution in [3.63, 3.8) is 0 Å². The van der Waals surface area contributed by atoms with E-state index in [0.717, 1.165) is 26.9 Å². The summed E-state index contributed by atoms with van der Waals surface area (Å²) in [5.74, 6) is 0.819. The Labute approximate surface area is 161 Å². The standard InChI is InChI=1S/C20H18N4O2S/c1-26-16-6-8-17(9-7-16)27-19-11-12-22-20(24-19)23-15-4-2-3-14(13-15)5-10-18(21)25/h2-13H,1H3,(H2,21,25)(H,22,23,24). The van der Waals surface area contributed by atoms with Crippen LogP contribution in [-0.4, -0.2) is 23.0 Å². The highest BCUT2D eigenvalue weighted by Gasteiger charge is 2.04. The molecule has 136 valence electrons. The summed E-state index contributed by atoms with van der Waals surface area (Å²) in [4.78, 5) is 20.7. The van der Waals surface area contributed by atoms with Gasteiger partial charge in [-0.25, -0.2) is 9.97 Å². The minimum Gasteiger partial charge on any atom is -0.497 e. The van der Waals surface area contributed by atoms with E-state index in [4.69, 9.17) is 10.5 Å². The molecule has 1 aromatic heterocycles. The topological polar surface area (TPSA) is 90.1 Å². The highest BCUT2D eigenvalue weighted by Crippen LogP contribution is 2.28. The predicted molar refractivity (Wildman–Crippen MR) is 107 cm³/mol. The van der Waals surface area contributed by atoms with Gasteiger partial charge in [-0.1, -0.05) is 23.9 Å². The Hall–Kier alpha value is -3.32. The first-order valence-corrected chi connectivity index (χ1v) is 8.93. The van der Waals surface area contributed by atoms with Crippen LogP contribution in [0.4, 0.5) is 11.6 Å². The van der Waals surface area contributed by atoms with Crippen molar-refractivity contribution in [3.8, 4) is 5.75 Å². The van der Waals surface area contributed by atoms with Gasteiger partial charge in [0.15, 0.2) is 0 Å². The zero-order valence-corrected chi connectivity index (χ0v) is 15.4. The van der Waals surface area contributed by atoms with Crippen LogP contribution in [0.1, 0.15) is 5.56 Å². The molecule has 7 heteroatoms. The fourth-order valence-electron chi connectivity index (χ4n) is 2.25. The summed E-state index contributed by atoms with van der Waals surface area (Å²) in [7, 11) is 1.64. The number of methoxy groups -OCH3 is 1. The van der Waals surface area contributed by atoms with Crippen molar-refractivity contribution in [2.45, 2.75) is 9.92 Å². The van der Waals surface area contributed by atoms with Crippen molar-refractivity contribution in [2.24, 2.45) is 5.73 Å². The monoisotopic (exact) mass is 378 g/mol. The van der Waals surface area contributed by atoms with Gasteiger partial charge in [0.05, 0.1) is 7.11 Å². The molecule has 0 bridgehead atoms. The van der Waals surface area contributed by atoms with Crippen molar-refractivity contribution in [1.29, 1.82) is 0 Å². The molecule has 0 aliphatic carbocycles. The molecule has 0 spiro atoms. The number of hydrogen-bond donors (Lipinski definition) is 2. The molecule has 0 fully saturated rings. The molecule has 0 atom stereocenters. The molecule has 0 aliphatic heterocycles. The number of benzene rings is 2. The lowest BCUT2D eigenvalue weighted by Gasteiger charge is -2.07. The lowest BCUT2D eigenvalue weighted by Crippen LogP contribution is -2.05. The molecule has 1 amide bonds. The van der Waals surface area contributed by atoms with Crippen molar-refractivity contribution in [3.05, 3.63) is 72.4 Å². The fourth-order valence-corrected chi connectivity index (χ4v) is 3.03. The summed E-state index contributed by atoms with van der Waals surface area (Å²) in [5, 5.41) is 3.99. The first-order valence-electron chi connectivity index (χ1n) is 8.12. The molecule has 2 aromatic carbocycles. The maximum absolute atomic E-state index is 10.9. The second kappa shape index (κ2) is 8.86. The molecule has 3 aromatic rings. The third-order valence-electron chi connectivity index (χ3n) is 3.49. The molecule has 6 nitrogen and oxygen atoms in total. The van der Waals surface area contributed by atoms with Gasteiger partial charge in [0.2, 0.25) is 11.9 Å². The first-order chi connectivity index (χ1) is 13.1. The number of nitrogens with zero attached hydrogens (tertiary/aromatic N) is 2. The smallest absolute Gasteiger partial charge is 0.241 e. The molecular formula is C20H18N4O2S. The van der Waals surface area contributed by atoms with E-state index < -0.39 is 5.91 Å². The van der Waals surface area contributed by atoms with Crippen LogP contribution in [0.5, 0.6) is 5.75 Å². The molecule has 0 saturated carbocycles. The molecular weight excluding hydrogens is 360 g/mol. The van der Waals surface area contributed by atoms with E-state index in [9.17, 15) is 4.79 Å². The van der Waals surface area contributed by atoms with Gasteiger partial charge in [0, 0.05) is 22.9 Å². The van der Waals surface area contributed by atoms with E-state index in [1.165, 1.54) is 17.8 Å². The van der Waals surface area contributed by atoms with Gasteiger partial charge >= 0.3 is 0 Å². The highest BCUT2D eigenvalue weighted by molar-refractivity contribution is 7.99. The average molecular weight is 378 g/mol. The number of hydrogen-bond acceptors (Lipinski definition) is 6. The normalized spacial score (nSPS) is 10.7. The van der Waals surface area contributed by atoms with Gasteiger partial charge in [-0.2, -0.15) is 0 Å². The molecule has 0 aliphatic rings. The number of nitrogens with one attached hydrogen (secondary N) is 1. The number of primary amides is 1. The largest absolute Gasteiger partial charge is 0.497 e. The second-order valence-electron chi connectivity index (χ2n) is 5.48. The summed E-state index contributed by atoms with van der Waals surface area (Å²) in [5.41, 5.74) is 6.79. The quantitative estimate of drug-likeness (QED) is 0.479. The van der Waals surface area contributed by atoms with E-state index in [1.807, 2.05) is 54.6 Å². The van der Waals surface area contributed by atoms with Gasteiger partial charge in [-0.3, -0.25) is 4.79 Å². The molecule has 0 saturated heterocycles. The van der Waals surface area contributed by atoms with Gasteiger partial charge in [-0.15, -0.1) is 0 Å². The molecule has 27 heavy (non-hydrogen) atoms. The Balaban J connectivity index is 1.72. The van der Waals surface area contributed by atoms with Gasteiger partial charge < -0.3 is 15.8 Å². The van der Waals surface area contributed by atoms with Gasteiger partial charge in [0.1, 0.15) is 10.8 Å². The Morgan fingerprint density at radius 3 is 2.74 bits per heavy atom. The maximum atomic E-state index is 10.9. The summed E-state index contributed by atoms with van der Waals surface area (Å²) in [6.07, 6.45) is 4.68. The number of carbonyl (C=O) groups excluding carboxylic acids is 1. The number of rotatable bonds is 7. The summed E-state index contributed by atoms with van der Waals surface area (Å²) < 4.78 is 5.17. The number of aromatic nitrogens is 2. The van der Waals surface area contributed by atoms with Crippen LogP contribution in [0.3, 0.4) is 0 Å². The van der Waals surface area contributed by atoms with Crippen LogP contribution in [0.2, 0.25) is 0 Å². The maximum Gasteiger partial charge on any atom is 0.241 e. The number of amides is 1. The van der Waals surface area contributed by atoms with E-state index in [1.54, 1.807) is 19.4 Å². The predicted octanol–water partition coefficient (Wildman–Crippen LogP) is 3.88. The van der Waals surface area contributed by atoms with Crippen LogP contribution < -0.4 is 15.8 Å². The highest BCUT2D eigenvalue weighted by atomic mass is 32.2. The van der Waals surface area contributed by atoms with Crippen LogP contribution in [0.15, 0.2) is 76.8 Å². The first kappa shape index (κ1) is 18.5. The number of anilines is 2. The fraction of sp³-hybridized carbons (Fsp3) is 0.0500. The Morgan fingerprint density at radius 1 is 1.19 bits per heavy atom. The SMILES string of the molecule is COc1ccc(Sc2ccnc(Nc3cccc(C=CC(N)=O)c3)n2)cc1. The summed E-state index contributed by atoms with van der Waals surface area (Å²) in [6.45, 7) is 0. The molecule has 0 unspecified atom stereocenters. The Bertz CT molecular complexity index is 958. The zero-order chi connectivity index (χ0) is 19.1. The van der Waals surface area contributed by atoms with E-state index in [-0.39, 0.29) is 0 Å². The van der Waals surface area contributed by atoms with Crippen molar-refractivity contribution >= 4 is 35.4 Å². The molecule has 1 heterocycles. The minimum absolute atomic E-state index is 0.486. The molecule has 3 rings (SSSR count). The van der Waals surface area contributed by atoms with Crippen LogP contribution in [0.25, 0.3) is 6.08 Å². The lowest BCUT2D eigenvalue weighted by molar-refractivity contribution is -0.113. The van der Waals surface area contributed by atoms with E-state index >= 15 is 0 Å². The van der Waals surface area contributed by atoms with Crippen LogP contribution in [-0.2, 0) is 4.79 Å². The number of nitrogens with two attached hydrogens (primary N) is 1. The van der Waals surface area contributed by atoms with Crippen molar-refractivity contribution in [1.82, 2.24) is 9.97 Å². The van der Waals surface area contributed by atoms with Crippen molar-refractivity contribution in [2.75, 3.05) is 12.4 Å². The third kappa shape index (κ3) is 5.58. The van der Waals surface area contributed by atoms with Crippen LogP contribution in [0, 0.1) is 0 Å². The Kier molecular flexibility index (Phi) is 6.06. The second-order valence-corrected chi connectivity index (χ2v) is 6.58. The van der Waals surface area contributed by atoms with E-state index in [2.05, 4.69) is 15.3 Å². The zero-order valence-electron chi connectivity index (χ0n) is 14.6. The van der Waals surface area contributed by atoms with Gasteiger partial charge in [0.25, 0.3) is 0 Å². The third-order valence-corrected chi connectivity index (χ3v) is 4.44. The molecule has 0 radical (unpaired) electrons. The minimum atomic E-state index is -0.486. The average Bonchev–Trinajstić information content (AvgIpc) is 2.68. The summed E-state index contributed by atoms with van der Waals surface area (Å²) >= 11 is 1.54. The van der Waals surface area contributed by atoms with Gasteiger partial charge in [-0.05, 0) is 54.1 Å². The van der Waals surface area contributed by atoms with E-state index in [0.29, 0.717) is 5.95 Å². The number of ether oxygens (including phenoxy) is 1. The Morgan fingerprint density at radius 2 is 2.00 bits per heavy atom. The number of carbonyl (C=O) groups is 1. The van der Waals surface area contributed by atoms with Crippen LogP contribution >= 0.6 is 11.8 Å². The van der Waals surface area contributed by atoms with Crippen molar-refractivity contribution < 1.29 is 9.53 Å². The molecule has 3 N–H and O–H groups in total. The lowest BCUT2D eigenvalue weighted by atomic mass is 10.2.